The summed E-state index contributed by atoms with van der Waals surface area (Å²) in [5.74, 6) is 0. The Balaban J connectivity index is 2.14. The zero-order valence-electron chi connectivity index (χ0n) is 15.5. The first-order chi connectivity index (χ1) is 12.1. The number of aromatic amines is 1. The molecule has 3 heteroatoms. The summed E-state index contributed by atoms with van der Waals surface area (Å²) in [6, 6.07) is 16.6. The highest BCUT2D eigenvalue weighted by molar-refractivity contribution is 5.62. The van der Waals surface area contributed by atoms with Gasteiger partial charge in [0.2, 0.25) is 0 Å². The first kappa shape index (κ1) is 17.3. The summed E-state index contributed by atoms with van der Waals surface area (Å²) < 4.78 is 1.81. The molecular formula is C22H26N2O. The predicted octanol–water partition coefficient (Wildman–Crippen LogP) is 5.02. The normalized spacial score (nSPS) is 12.3. The summed E-state index contributed by atoms with van der Waals surface area (Å²) in [7, 11) is 0. The lowest BCUT2D eigenvalue weighted by Gasteiger charge is -2.18. The third kappa shape index (κ3) is 3.19. The predicted molar refractivity (Wildman–Crippen MR) is 104 cm³/mol. The van der Waals surface area contributed by atoms with E-state index >= 15 is 0 Å². The van der Waals surface area contributed by atoms with Gasteiger partial charge in [0, 0.05) is 5.56 Å². The lowest BCUT2D eigenvalue weighted by atomic mass is 9.99. The Hall–Kier alpha value is -2.55. The maximum Gasteiger partial charge on any atom is 0.270 e. The van der Waals surface area contributed by atoms with E-state index in [1.165, 1.54) is 16.7 Å². The van der Waals surface area contributed by atoms with E-state index in [4.69, 9.17) is 0 Å². The van der Waals surface area contributed by atoms with Crippen LogP contribution >= 0.6 is 0 Å². The number of aryl methyl sites for hydroxylation is 2. The van der Waals surface area contributed by atoms with Gasteiger partial charge in [-0.15, -0.1) is 0 Å². The van der Waals surface area contributed by atoms with Gasteiger partial charge in [0.15, 0.2) is 0 Å². The number of aromatic nitrogens is 2. The molecule has 2 aromatic carbocycles. The zero-order valence-corrected chi connectivity index (χ0v) is 15.5. The van der Waals surface area contributed by atoms with Crippen LogP contribution in [0.25, 0.3) is 11.3 Å². The first-order valence-corrected chi connectivity index (χ1v) is 9.02. The van der Waals surface area contributed by atoms with Gasteiger partial charge in [0.1, 0.15) is 0 Å². The molecule has 0 amide bonds. The Morgan fingerprint density at radius 1 is 1.00 bits per heavy atom. The van der Waals surface area contributed by atoms with Crippen LogP contribution in [0.5, 0.6) is 0 Å². The Labute approximate surface area is 149 Å². The van der Waals surface area contributed by atoms with Crippen LogP contribution in [0.2, 0.25) is 0 Å². The van der Waals surface area contributed by atoms with Crippen LogP contribution < -0.4 is 5.56 Å². The lowest BCUT2D eigenvalue weighted by Crippen LogP contribution is -2.24. The van der Waals surface area contributed by atoms with E-state index in [9.17, 15) is 4.79 Å². The Morgan fingerprint density at radius 3 is 2.32 bits per heavy atom. The van der Waals surface area contributed by atoms with Gasteiger partial charge < -0.3 is 0 Å². The molecule has 1 aromatic heterocycles. The van der Waals surface area contributed by atoms with Crippen LogP contribution in [0.1, 0.15) is 48.6 Å². The standard InChI is InChI=1S/C22H26N2O/c1-5-19-21(17-10-8-7-9-11-17)23-24(22(19)25)20(6-2)18-13-12-15(3)16(4)14-18/h7-14,20,23H,5-6H2,1-4H3. The second kappa shape index (κ2) is 7.14. The fraction of sp³-hybridized carbons (Fsp3) is 0.318. The molecule has 0 aliphatic rings. The van der Waals surface area contributed by atoms with Crippen molar-refractivity contribution in [2.45, 2.75) is 46.6 Å². The van der Waals surface area contributed by atoms with Crippen molar-refractivity contribution in [1.29, 1.82) is 0 Å². The molecule has 130 valence electrons. The second-order valence-corrected chi connectivity index (χ2v) is 6.63. The summed E-state index contributed by atoms with van der Waals surface area (Å²) in [4.78, 5) is 13.1. The average Bonchev–Trinajstić information content (AvgIpc) is 2.96. The van der Waals surface area contributed by atoms with Crippen molar-refractivity contribution in [2.75, 3.05) is 0 Å². The lowest BCUT2D eigenvalue weighted by molar-refractivity contribution is 0.495. The maximum atomic E-state index is 13.1. The Morgan fingerprint density at radius 2 is 1.72 bits per heavy atom. The number of nitrogens with zero attached hydrogens (tertiary/aromatic N) is 1. The molecule has 0 aliphatic carbocycles. The fourth-order valence-corrected chi connectivity index (χ4v) is 3.42. The quantitative estimate of drug-likeness (QED) is 0.699. The summed E-state index contributed by atoms with van der Waals surface area (Å²) in [6.07, 6.45) is 1.58. The second-order valence-electron chi connectivity index (χ2n) is 6.63. The highest BCUT2D eigenvalue weighted by Gasteiger charge is 2.20. The smallest absolute Gasteiger partial charge is 0.270 e. The number of hydrogen-bond acceptors (Lipinski definition) is 1. The topological polar surface area (TPSA) is 37.8 Å². The Kier molecular flexibility index (Phi) is 4.93. The molecule has 25 heavy (non-hydrogen) atoms. The van der Waals surface area contributed by atoms with Crippen molar-refractivity contribution in [2.24, 2.45) is 0 Å². The molecule has 0 saturated heterocycles. The van der Waals surface area contributed by atoms with Crippen LogP contribution in [0.15, 0.2) is 53.3 Å². The van der Waals surface area contributed by atoms with Crippen molar-refractivity contribution < 1.29 is 0 Å². The van der Waals surface area contributed by atoms with E-state index in [2.05, 4.69) is 44.1 Å². The Bertz CT molecular complexity index is 919. The molecule has 3 aromatic rings. The number of rotatable bonds is 5. The molecule has 3 rings (SSSR count). The van der Waals surface area contributed by atoms with Crippen molar-refractivity contribution in [1.82, 2.24) is 9.78 Å². The molecular weight excluding hydrogens is 308 g/mol. The average molecular weight is 334 g/mol. The largest absolute Gasteiger partial charge is 0.294 e. The van der Waals surface area contributed by atoms with Gasteiger partial charge in [-0.2, -0.15) is 0 Å². The minimum absolute atomic E-state index is 0.0227. The van der Waals surface area contributed by atoms with Crippen LogP contribution in [0, 0.1) is 13.8 Å². The summed E-state index contributed by atoms with van der Waals surface area (Å²) in [5, 5.41) is 3.41. The zero-order chi connectivity index (χ0) is 18.0. The SMILES string of the molecule is CCc1c(-c2ccccc2)[nH]n(C(CC)c2ccc(C)c(C)c2)c1=O. The molecule has 1 atom stereocenters. The van der Waals surface area contributed by atoms with Crippen LogP contribution in [0.3, 0.4) is 0 Å². The molecule has 3 nitrogen and oxygen atoms in total. The van der Waals surface area contributed by atoms with Gasteiger partial charge in [-0.25, -0.2) is 4.68 Å². The van der Waals surface area contributed by atoms with Gasteiger partial charge in [-0.05, 0) is 48.9 Å². The van der Waals surface area contributed by atoms with E-state index < -0.39 is 0 Å². The van der Waals surface area contributed by atoms with Crippen LogP contribution in [0.4, 0.5) is 0 Å². The molecule has 0 aliphatic heterocycles. The van der Waals surface area contributed by atoms with Gasteiger partial charge in [-0.3, -0.25) is 9.89 Å². The fourth-order valence-electron chi connectivity index (χ4n) is 3.42. The molecule has 0 fully saturated rings. The molecule has 0 bridgehead atoms. The van der Waals surface area contributed by atoms with Gasteiger partial charge >= 0.3 is 0 Å². The molecule has 0 spiro atoms. The highest BCUT2D eigenvalue weighted by atomic mass is 16.1. The van der Waals surface area contributed by atoms with Gasteiger partial charge in [0.25, 0.3) is 5.56 Å². The minimum atomic E-state index is 0.0227. The number of hydrogen-bond donors (Lipinski definition) is 1. The summed E-state index contributed by atoms with van der Waals surface area (Å²) in [5.41, 5.74) is 6.66. The molecule has 0 radical (unpaired) electrons. The van der Waals surface area contributed by atoms with E-state index in [1.54, 1.807) is 0 Å². The van der Waals surface area contributed by atoms with E-state index in [-0.39, 0.29) is 11.6 Å². The van der Waals surface area contributed by atoms with E-state index in [0.29, 0.717) is 0 Å². The maximum absolute atomic E-state index is 13.1. The third-order valence-corrected chi connectivity index (χ3v) is 5.04. The molecule has 1 unspecified atom stereocenters. The highest BCUT2D eigenvalue weighted by Crippen LogP contribution is 2.26. The minimum Gasteiger partial charge on any atom is -0.294 e. The molecule has 1 heterocycles. The number of nitrogens with one attached hydrogen (secondary N) is 1. The van der Waals surface area contributed by atoms with Crippen molar-refractivity contribution in [3.63, 3.8) is 0 Å². The third-order valence-electron chi connectivity index (χ3n) is 5.04. The van der Waals surface area contributed by atoms with Crippen molar-refractivity contribution in [3.05, 3.63) is 81.1 Å². The number of H-pyrrole nitrogens is 1. The van der Waals surface area contributed by atoms with Gasteiger partial charge in [0.05, 0.1) is 11.7 Å². The van der Waals surface area contributed by atoms with E-state index in [1.807, 2.05) is 41.9 Å². The summed E-state index contributed by atoms with van der Waals surface area (Å²) in [6.45, 7) is 8.40. The van der Waals surface area contributed by atoms with E-state index in [0.717, 1.165) is 29.7 Å². The van der Waals surface area contributed by atoms with Crippen LogP contribution in [-0.2, 0) is 6.42 Å². The molecule has 1 N–H and O–H groups in total. The van der Waals surface area contributed by atoms with Crippen molar-refractivity contribution in [3.8, 4) is 11.3 Å². The monoisotopic (exact) mass is 334 g/mol. The van der Waals surface area contributed by atoms with Crippen molar-refractivity contribution >= 4 is 0 Å². The number of benzene rings is 2. The summed E-state index contributed by atoms with van der Waals surface area (Å²) >= 11 is 0. The molecule has 0 saturated carbocycles. The van der Waals surface area contributed by atoms with Crippen LogP contribution in [-0.4, -0.2) is 9.78 Å². The first-order valence-electron chi connectivity index (χ1n) is 9.02. The van der Waals surface area contributed by atoms with Gasteiger partial charge in [-0.1, -0.05) is 62.4 Å².